The second-order valence-electron chi connectivity index (χ2n) is 5.77. The van der Waals surface area contributed by atoms with E-state index in [1.807, 2.05) is 12.2 Å². The van der Waals surface area contributed by atoms with Crippen LogP contribution in [0.15, 0.2) is 66.7 Å². The lowest BCUT2D eigenvalue weighted by atomic mass is 10.1. The van der Waals surface area contributed by atoms with Crippen LogP contribution >= 0.6 is 0 Å². The maximum Gasteiger partial charge on any atom is 0.347 e. The molecule has 0 aromatic heterocycles. The molecule has 0 saturated heterocycles. The second-order valence-corrected chi connectivity index (χ2v) is 5.77. The maximum atomic E-state index is 12.1. The summed E-state index contributed by atoms with van der Waals surface area (Å²) in [5.74, 6) is 0.327. The van der Waals surface area contributed by atoms with E-state index in [1.165, 1.54) is 25.3 Å². The van der Waals surface area contributed by atoms with E-state index in [9.17, 15) is 15.0 Å². The average Bonchev–Trinajstić information content (AvgIpc) is 2.67. The van der Waals surface area contributed by atoms with Gasteiger partial charge in [-0.1, -0.05) is 36.4 Å². The van der Waals surface area contributed by atoms with Crippen molar-refractivity contribution in [3.8, 4) is 23.0 Å². The molecular formula is C22H18O5. The lowest BCUT2D eigenvalue weighted by Crippen LogP contribution is -2.08. The molecule has 0 unspecified atom stereocenters. The number of ether oxygens (including phenoxy) is 2. The van der Waals surface area contributed by atoms with Crippen LogP contribution in [-0.2, 0) is 0 Å². The van der Waals surface area contributed by atoms with Crippen molar-refractivity contribution in [2.45, 2.75) is 0 Å². The molecule has 3 aromatic carbocycles. The van der Waals surface area contributed by atoms with Gasteiger partial charge in [0.2, 0.25) is 0 Å². The second kappa shape index (κ2) is 8.10. The predicted octanol–water partition coefficient (Wildman–Crippen LogP) is 4.50. The van der Waals surface area contributed by atoms with Crippen LogP contribution in [0.3, 0.4) is 0 Å². The molecule has 0 radical (unpaired) electrons. The summed E-state index contributed by atoms with van der Waals surface area (Å²) in [6.45, 7) is 0. The number of methoxy groups -OCH3 is 1. The van der Waals surface area contributed by atoms with Crippen LogP contribution in [0.2, 0.25) is 0 Å². The number of aromatic hydroxyl groups is 2. The van der Waals surface area contributed by atoms with E-state index < -0.39 is 5.97 Å². The van der Waals surface area contributed by atoms with E-state index in [0.717, 1.165) is 11.1 Å². The summed E-state index contributed by atoms with van der Waals surface area (Å²) in [5.41, 5.74) is 1.79. The third-order valence-electron chi connectivity index (χ3n) is 3.83. The van der Waals surface area contributed by atoms with Gasteiger partial charge in [0.1, 0.15) is 28.6 Å². The fourth-order valence-corrected chi connectivity index (χ4v) is 2.47. The highest BCUT2D eigenvalue weighted by Crippen LogP contribution is 2.24. The smallest absolute Gasteiger partial charge is 0.347 e. The number of carbonyl (C=O) groups is 1. The van der Waals surface area contributed by atoms with Crippen molar-refractivity contribution in [1.29, 1.82) is 0 Å². The molecule has 3 rings (SSSR count). The van der Waals surface area contributed by atoms with E-state index >= 15 is 0 Å². The quantitative estimate of drug-likeness (QED) is 0.397. The minimum Gasteiger partial charge on any atom is -0.508 e. The number of carbonyl (C=O) groups excluding carboxylic acids is 1. The fourth-order valence-electron chi connectivity index (χ4n) is 2.47. The third-order valence-corrected chi connectivity index (χ3v) is 3.83. The zero-order chi connectivity index (χ0) is 19.2. The molecule has 0 spiro atoms. The van der Waals surface area contributed by atoms with Crippen molar-refractivity contribution >= 4 is 18.1 Å². The van der Waals surface area contributed by atoms with Gasteiger partial charge in [-0.2, -0.15) is 0 Å². The zero-order valence-electron chi connectivity index (χ0n) is 14.6. The number of phenolic OH excluding ortho intramolecular Hbond substituents is 2. The van der Waals surface area contributed by atoms with Gasteiger partial charge >= 0.3 is 5.97 Å². The minimum absolute atomic E-state index is 0.110. The Morgan fingerprint density at radius 3 is 2.26 bits per heavy atom. The molecule has 5 nitrogen and oxygen atoms in total. The monoisotopic (exact) mass is 362 g/mol. The van der Waals surface area contributed by atoms with Crippen molar-refractivity contribution in [2.75, 3.05) is 7.11 Å². The maximum absolute atomic E-state index is 12.1. The summed E-state index contributed by atoms with van der Waals surface area (Å²) >= 11 is 0. The third kappa shape index (κ3) is 4.67. The van der Waals surface area contributed by atoms with Crippen LogP contribution in [0.1, 0.15) is 21.5 Å². The standard InChI is InChI=1S/C22H18O5/c1-26-19-13-16(12-17(23)14-19)7-6-15-8-10-18(11-9-15)27-22(25)20-4-2-3-5-21(20)24/h2-14,23-24H,1H3/b7-6+. The molecule has 0 heterocycles. The molecule has 0 bridgehead atoms. The lowest BCUT2D eigenvalue weighted by Gasteiger charge is -2.06. The van der Waals surface area contributed by atoms with Gasteiger partial charge in [0, 0.05) is 6.07 Å². The Kier molecular flexibility index (Phi) is 5.42. The first-order valence-electron chi connectivity index (χ1n) is 8.21. The number of esters is 1. The first-order chi connectivity index (χ1) is 13.0. The molecule has 136 valence electrons. The molecular weight excluding hydrogens is 344 g/mol. The van der Waals surface area contributed by atoms with E-state index in [2.05, 4.69) is 0 Å². The predicted molar refractivity (Wildman–Crippen MR) is 103 cm³/mol. The topological polar surface area (TPSA) is 76.0 Å². The van der Waals surface area contributed by atoms with E-state index in [1.54, 1.807) is 48.5 Å². The zero-order valence-corrected chi connectivity index (χ0v) is 14.6. The normalized spacial score (nSPS) is 10.7. The molecule has 0 atom stereocenters. The molecule has 0 fully saturated rings. The summed E-state index contributed by atoms with van der Waals surface area (Å²) in [5, 5.41) is 19.4. The van der Waals surface area contributed by atoms with E-state index in [0.29, 0.717) is 11.5 Å². The Hall–Kier alpha value is -3.73. The molecule has 5 heteroatoms. The Bertz CT molecular complexity index is 974. The van der Waals surface area contributed by atoms with Crippen LogP contribution in [0, 0.1) is 0 Å². The highest BCUT2D eigenvalue weighted by atomic mass is 16.5. The van der Waals surface area contributed by atoms with Crippen LogP contribution in [0.4, 0.5) is 0 Å². The van der Waals surface area contributed by atoms with Gasteiger partial charge in [0.05, 0.1) is 7.11 Å². The number of hydrogen-bond acceptors (Lipinski definition) is 5. The number of rotatable bonds is 5. The van der Waals surface area contributed by atoms with E-state index in [-0.39, 0.29) is 17.1 Å². The van der Waals surface area contributed by atoms with Gasteiger partial charge in [0.15, 0.2) is 0 Å². The van der Waals surface area contributed by atoms with Crippen LogP contribution in [-0.4, -0.2) is 23.3 Å². The van der Waals surface area contributed by atoms with Gasteiger partial charge in [-0.05, 0) is 47.5 Å². The summed E-state index contributed by atoms with van der Waals surface area (Å²) in [4.78, 5) is 12.1. The van der Waals surface area contributed by atoms with Crippen molar-refractivity contribution in [3.63, 3.8) is 0 Å². The van der Waals surface area contributed by atoms with Crippen LogP contribution in [0.5, 0.6) is 23.0 Å². The molecule has 0 saturated carbocycles. The SMILES string of the molecule is COc1cc(O)cc(/C=C/c2ccc(OC(=O)c3ccccc3O)cc2)c1. The summed E-state index contributed by atoms with van der Waals surface area (Å²) < 4.78 is 10.4. The highest BCUT2D eigenvalue weighted by molar-refractivity contribution is 5.93. The Morgan fingerprint density at radius 2 is 1.56 bits per heavy atom. The minimum atomic E-state index is -0.622. The Labute approximate surface area is 156 Å². The first-order valence-corrected chi connectivity index (χ1v) is 8.21. The molecule has 3 aromatic rings. The molecule has 27 heavy (non-hydrogen) atoms. The number of benzene rings is 3. The number of phenols is 2. The van der Waals surface area contributed by atoms with Gasteiger partial charge in [-0.15, -0.1) is 0 Å². The molecule has 2 N–H and O–H groups in total. The Morgan fingerprint density at radius 1 is 0.852 bits per heavy atom. The summed E-state index contributed by atoms with van der Waals surface area (Å²) in [6.07, 6.45) is 3.70. The first kappa shape index (κ1) is 18.1. The average molecular weight is 362 g/mol. The van der Waals surface area contributed by atoms with Gasteiger partial charge in [0.25, 0.3) is 0 Å². The number of para-hydroxylation sites is 1. The van der Waals surface area contributed by atoms with Gasteiger partial charge < -0.3 is 19.7 Å². The molecule has 0 aliphatic rings. The summed E-state index contributed by atoms with van der Waals surface area (Å²) in [7, 11) is 1.54. The van der Waals surface area contributed by atoms with Crippen molar-refractivity contribution in [2.24, 2.45) is 0 Å². The van der Waals surface area contributed by atoms with Gasteiger partial charge in [-0.25, -0.2) is 4.79 Å². The van der Waals surface area contributed by atoms with Crippen LogP contribution < -0.4 is 9.47 Å². The Balaban J connectivity index is 1.69. The fraction of sp³-hybridized carbons (Fsp3) is 0.0455. The number of hydrogen-bond donors (Lipinski definition) is 2. The molecule has 0 aliphatic heterocycles. The van der Waals surface area contributed by atoms with Gasteiger partial charge in [-0.3, -0.25) is 0 Å². The summed E-state index contributed by atoms with van der Waals surface area (Å²) in [6, 6.07) is 18.1. The van der Waals surface area contributed by atoms with E-state index in [4.69, 9.17) is 9.47 Å². The van der Waals surface area contributed by atoms with Crippen LogP contribution in [0.25, 0.3) is 12.2 Å². The molecule has 0 aliphatic carbocycles. The molecule has 0 amide bonds. The van der Waals surface area contributed by atoms with Crippen molar-refractivity contribution < 1.29 is 24.5 Å². The largest absolute Gasteiger partial charge is 0.508 e. The lowest BCUT2D eigenvalue weighted by molar-refractivity contribution is 0.0731. The van der Waals surface area contributed by atoms with Crippen molar-refractivity contribution in [1.82, 2.24) is 0 Å². The highest BCUT2D eigenvalue weighted by Gasteiger charge is 2.12. The van der Waals surface area contributed by atoms with Crippen molar-refractivity contribution in [3.05, 3.63) is 83.4 Å².